The lowest BCUT2D eigenvalue weighted by Gasteiger charge is -2.29. The predicted octanol–water partition coefficient (Wildman–Crippen LogP) is 2.62. The highest BCUT2D eigenvalue weighted by molar-refractivity contribution is 5.79. The van der Waals surface area contributed by atoms with E-state index in [1.54, 1.807) is 6.92 Å². The zero-order chi connectivity index (χ0) is 18.1. The van der Waals surface area contributed by atoms with Crippen LogP contribution in [0.2, 0.25) is 0 Å². The number of carbonyl (C=O) groups excluding carboxylic acids is 1. The number of amides is 1. The molecule has 0 aliphatic rings. The first-order valence-electron chi connectivity index (χ1n) is 8.90. The highest BCUT2D eigenvalue weighted by atomic mass is 16.1. The van der Waals surface area contributed by atoms with E-state index in [0.29, 0.717) is 13.0 Å². The minimum Gasteiger partial charge on any atom is -0.356 e. The maximum atomic E-state index is 12.6. The van der Waals surface area contributed by atoms with Gasteiger partial charge in [0.05, 0.1) is 11.6 Å². The average molecular weight is 339 g/mol. The quantitative estimate of drug-likeness (QED) is 0.485. The van der Waals surface area contributed by atoms with Crippen molar-refractivity contribution in [1.29, 1.82) is 0 Å². The minimum atomic E-state index is -1.03. The van der Waals surface area contributed by atoms with Crippen LogP contribution in [-0.2, 0) is 17.6 Å². The van der Waals surface area contributed by atoms with Gasteiger partial charge in [-0.05, 0) is 43.7 Å². The van der Waals surface area contributed by atoms with Gasteiger partial charge in [0.15, 0.2) is 0 Å². The number of benzene rings is 2. The standard InChI is InChI=1S/C21H29N3O/c1-21(22,23)19(15-14-18-11-6-3-7-12-18)20(25)24-16-8-13-17-9-4-2-5-10-17/h2-7,9-12,19H,8,13-16,22-23H2,1H3,(H,24,25). The molecule has 1 amide bonds. The van der Waals surface area contributed by atoms with Gasteiger partial charge in [-0.15, -0.1) is 0 Å². The first-order chi connectivity index (χ1) is 12.0. The van der Waals surface area contributed by atoms with Gasteiger partial charge in [-0.25, -0.2) is 0 Å². The van der Waals surface area contributed by atoms with E-state index in [0.717, 1.165) is 19.3 Å². The van der Waals surface area contributed by atoms with Crippen molar-refractivity contribution in [3.63, 3.8) is 0 Å². The Bertz CT molecular complexity index is 635. The van der Waals surface area contributed by atoms with Gasteiger partial charge in [0.25, 0.3) is 0 Å². The lowest BCUT2D eigenvalue weighted by Crippen LogP contribution is -2.58. The van der Waals surface area contributed by atoms with Crippen molar-refractivity contribution in [3.8, 4) is 0 Å². The van der Waals surface area contributed by atoms with Gasteiger partial charge >= 0.3 is 0 Å². The van der Waals surface area contributed by atoms with Crippen LogP contribution in [0.1, 0.15) is 30.9 Å². The van der Waals surface area contributed by atoms with Crippen molar-refractivity contribution >= 4 is 5.91 Å². The minimum absolute atomic E-state index is 0.0588. The Morgan fingerprint density at radius 3 is 2.00 bits per heavy atom. The molecule has 4 heteroatoms. The fourth-order valence-corrected chi connectivity index (χ4v) is 2.95. The summed E-state index contributed by atoms with van der Waals surface area (Å²) in [5.74, 6) is -0.471. The second-order valence-corrected chi connectivity index (χ2v) is 6.82. The van der Waals surface area contributed by atoms with E-state index in [4.69, 9.17) is 11.5 Å². The molecule has 0 fully saturated rings. The van der Waals surface area contributed by atoms with Crippen molar-refractivity contribution in [3.05, 3.63) is 71.8 Å². The molecular formula is C21H29N3O. The second kappa shape index (κ2) is 9.35. The molecular weight excluding hydrogens is 310 g/mol. The molecule has 1 atom stereocenters. The number of hydrogen-bond acceptors (Lipinski definition) is 3. The van der Waals surface area contributed by atoms with E-state index in [9.17, 15) is 4.79 Å². The van der Waals surface area contributed by atoms with Gasteiger partial charge in [-0.3, -0.25) is 4.79 Å². The zero-order valence-corrected chi connectivity index (χ0v) is 14.9. The van der Waals surface area contributed by atoms with E-state index >= 15 is 0 Å². The Balaban J connectivity index is 1.81. The Kier molecular flexibility index (Phi) is 7.16. The van der Waals surface area contributed by atoms with Crippen LogP contribution in [0, 0.1) is 5.92 Å². The summed E-state index contributed by atoms with van der Waals surface area (Å²) < 4.78 is 0. The van der Waals surface area contributed by atoms with Crippen LogP contribution >= 0.6 is 0 Å². The molecule has 0 aromatic heterocycles. The van der Waals surface area contributed by atoms with E-state index in [2.05, 4.69) is 29.6 Å². The van der Waals surface area contributed by atoms with Crippen LogP contribution in [0.25, 0.3) is 0 Å². The van der Waals surface area contributed by atoms with E-state index in [-0.39, 0.29) is 5.91 Å². The topological polar surface area (TPSA) is 81.1 Å². The largest absolute Gasteiger partial charge is 0.356 e. The maximum absolute atomic E-state index is 12.6. The molecule has 2 rings (SSSR count). The molecule has 4 nitrogen and oxygen atoms in total. The molecule has 0 aliphatic heterocycles. The molecule has 5 N–H and O–H groups in total. The first kappa shape index (κ1) is 19.2. The summed E-state index contributed by atoms with van der Waals surface area (Å²) in [6.07, 6.45) is 3.26. The van der Waals surface area contributed by atoms with Crippen LogP contribution in [0.4, 0.5) is 0 Å². The Morgan fingerprint density at radius 1 is 0.960 bits per heavy atom. The molecule has 0 spiro atoms. The fraction of sp³-hybridized carbons (Fsp3) is 0.381. The summed E-state index contributed by atoms with van der Waals surface area (Å²) in [4.78, 5) is 12.6. The van der Waals surface area contributed by atoms with Crippen LogP contribution in [0.3, 0.4) is 0 Å². The first-order valence-corrected chi connectivity index (χ1v) is 8.90. The highest BCUT2D eigenvalue weighted by Gasteiger charge is 2.31. The highest BCUT2D eigenvalue weighted by Crippen LogP contribution is 2.17. The molecule has 0 saturated carbocycles. The molecule has 0 aliphatic carbocycles. The fourth-order valence-electron chi connectivity index (χ4n) is 2.95. The van der Waals surface area contributed by atoms with Crippen molar-refractivity contribution in [1.82, 2.24) is 5.32 Å². The summed E-state index contributed by atoms with van der Waals surface area (Å²) in [6.45, 7) is 2.35. The summed E-state index contributed by atoms with van der Waals surface area (Å²) >= 11 is 0. The lowest BCUT2D eigenvalue weighted by atomic mass is 9.88. The third-order valence-electron chi connectivity index (χ3n) is 4.42. The molecule has 1 unspecified atom stereocenters. The van der Waals surface area contributed by atoms with Crippen molar-refractivity contribution < 1.29 is 4.79 Å². The lowest BCUT2D eigenvalue weighted by molar-refractivity contribution is -0.127. The monoisotopic (exact) mass is 339 g/mol. The van der Waals surface area contributed by atoms with Crippen LogP contribution in [0.5, 0.6) is 0 Å². The normalized spacial score (nSPS) is 12.6. The van der Waals surface area contributed by atoms with Crippen LogP contribution in [-0.4, -0.2) is 18.1 Å². The van der Waals surface area contributed by atoms with Crippen molar-refractivity contribution in [2.75, 3.05) is 6.54 Å². The van der Waals surface area contributed by atoms with Gasteiger partial charge in [0.2, 0.25) is 5.91 Å². The molecule has 2 aromatic carbocycles. The summed E-state index contributed by atoms with van der Waals surface area (Å²) in [5.41, 5.74) is 13.6. The Hall–Kier alpha value is -2.17. The Morgan fingerprint density at radius 2 is 1.48 bits per heavy atom. The van der Waals surface area contributed by atoms with E-state index < -0.39 is 11.6 Å². The molecule has 0 bridgehead atoms. The molecule has 134 valence electrons. The molecule has 0 radical (unpaired) electrons. The van der Waals surface area contributed by atoms with Gasteiger partial charge in [0.1, 0.15) is 0 Å². The Labute approximate surface area is 150 Å². The van der Waals surface area contributed by atoms with E-state index in [1.165, 1.54) is 11.1 Å². The number of nitrogens with two attached hydrogens (primary N) is 2. The summed E-state index contributed by atoms with van der Waals surface area (Å²) in [5, 5.41) is 3.00. The van der Waals surface area contributed by atoms with Gasteiger partial charge in [-0.1, -0.05) is 60.7 Å². The maximum Gasteiger partial charge on any atom is 0.226 e. The van der Waals surface area contributed by atoms with Gasteiger partial charge < -0.3 is 16.8 Å². The number of hydrogen-bond donors (Lipinski definition) is 3. The smallest absolute Gasteiger partial charge is 0.226 e. The number of carbonyl (C=O) groups is 1. The summed E-state index contributed by atoms with van der Waals surface area (Å²) in [7, 11) is 0. The second-order valence-electron chi connectivity index (χ2n) is 6.82. The van der Waals surface area contributed by atoms with Crippen LogP contribution < -0.4 is 16.8 Å². The zero-order valence-electron chi connectivity index (χ0n) is 14.9. The van der Waals surface area contributed by atoms with Gasteiger partial charge in [0, 0.05) is 6.54 Å². The number of rotatable bonds is 9. The third kappa shape index (κ3) is 6.69. The average Bonchev–Trinajstić information content (AvgIpc) is 2.59. The predicted molar refractivity (Wildman–Crippen MR) is 103 cm³/mol. The molecule has 2 aromatic rings. The molecule has 0 heterocycles. The number of nitrogens with one attached hydrogen (secondary N) is 1. The van der Waals surface area contributed by atoms with Crippen LogP contribution in [0.15, 0.2) is 60.7 Å². The summed E-state index contributed by atoms with van der Waals surface area (Å²) in [6, 6.07) is 20.4. The molecule has 0 saturated heterocycles. The van der Waals surface area contributed by atoms with Crippen molar-refractivity contribution in [2.24, 2.45) is 17.4 Å². The van der Waals surface area contributed by atoms with Crippen molar-refractivity contribution in [2.45, 2.75) is 38.3 Å². The number of aryl methyl sites for hydroxylation is 2. The van der Waals surface area contributed by atoms with E-state index in [1.807, 2.05) is 36.4 Å². The molecule has 25 heavy (non-hydrogen) atoms. The third-order valence-corrected chi connectivity index (χ3v) is 4.42. The SMILES string of the molecule is CC(N)(N)C(CCc1ccccc1)C(=O)NCCCc1ccccc1. The van der Waals surface area contributed by atoms with Gasteiger partial charge in [-0.2, -0.15) is 0 Å².